The molecule has 1 aromatic carbocycles. The van der Waals surface area contributed by atoms with Crippen LogP contribution in [0.25, 0.3) is 0 Å². The molecule has 1 aliphatic heterocycles. The molecule has 110 valence electrons. The van der Waals surface area contributed by atoms with Crippen molar-refractivity contribution in [2.24, 2.45) is 11.7 Å². The number of rotatable bonds is 4. The van der Waals surface area contributed by atoms with Crippen molar-refractivity contribution in [3.8, 4) is 5.75 Å². The van der Waals surface area contributed by atoms with Gasteiger partial charge in [0.1, 0.15) is 5.75 Å². The molecule has 1 aromatic rings. The summed E-state index contributed by atoms with van der Waals surface area (Å²) in [5.74, 6) is 1.29. The van der Waals surface area contributed by atoms with E-state index in [0.717, 1.165) is 30.4 Å². The average molecular weight is 341 g/mol. The monoisotopic (exact) mass is 340 g/mol. The predicted octanol–water partition coefficient (Wildman–Crippen LogP) is 2.41. The number of ether oxygens (including phenoxy) is 1. The Hall–Kier alpha value is -1.07. The number of nitrogens with zero attached hydrogens (tertiary/aromatic N) is 1. The van der Waals surface area contributed by atoms with Gasteiger partial charge in [0.2, 0.25) is 0 Å². The predicted molar refractivity (Wildman–Crippen MR) is 82.6 cm³/mol. The Balaban J connectivity index is 1.78. The summed E-state index contributed by atoms with van der Waals surface area (Å²) in [6, 6.07) is 7.73. The van der Waals surface area contributed by atoms with Crippen LogP contribution in [0.3, 0.4) is 0 Å². The van der Waals surface area contributed by atoms with Crippen LogP contribution in [-0.2, 0) is 4.79 Å². The number of piperidine rings is 1. The minimum atomic E-state index is 0.0492. The summed E-state index contributed by atoms with van der Waals surface area (Å²) in [5, 5.41) is 0. The van der Waals surface area contributed by atoms with Crippen molar-refractivity contribution >= 4 is 21.8 Å². The summed E-state index contributed by atoms with van der Waals surface area (Å²) < 4.78 is 6.47. The summed E-state index contributed by atoms with van der Waals surface area (Å²) in [6.45, 7) is 3.71. The normalized spacial score (nSPS) is 17.9. The first-order valence-corrected chi connectivity index (χ1v) is 7.77. The maximum atomic E-state index is 12.1. The summed E-state index contributed by atoms with van der Waals surface area (Å²) >= 11 is 3.38. The zero-order valence-electron chi connectivity index (χ0n) is 11.7. The van der Waals surface area contributed by atoms with Crippen LogP contribution < -0.4 is 10.5 Å². The molecule has 0 bridgehead atoms. The minimum absolute atomic E-state index is 0.0492. The second kappa shape index (κ2) is 7.09. The van der Waals surface area contributed by atoms with E-state index in [9.17, 15) is 4.79 Å². The highest BCUT2D eigenvalue weighted by atomic mass is 79.9. The highest BCUT2D eigenvalue weighted by Gasteiger charge is 2.24. The fourth-order valence-corrected chi connectivity index (χ4v) is 2.85. The molecule has 4 nitrogen and oxygen atoms in total. The summed E-state index contributed by atoms with van der Waals surface area (Å²) in [5.41, 5.74) is 5.90. The topological polar surface area (TPSA) is 55.6 Å². The lowest BCUT2D eigenvalue weighted by atomic mass is 9.91. The highest BCUT2D eigenvalue weighted by Crippen LogP contribution is 2.20. The third kappa shape index (κ3) is 4.21. The van der Waals surface area contributed by atoms with Gasteiger partial charge < -0.3 is 15.4 Å². The van der Waals surface area contributed by atoms with Gasteiger partial charge in [0, 0.05) is 23.6 Å². The first-order chi connectivity index (χ1) is 9.56. The number of halogens is 1. The Bertz CT molecular complexity index is 457. The number of hydrogen-bond acceptors (Lipinski definition) is 3. The largest absolute Gasteiger partial charge is 0.484 e. The maximum Gasteiger partial charge on any atom is 0.260 e. The molecular formula is C15H21BrN2O2. The fraction of sp³-hybridized carbons (Fsp3) is 0.533. The van der Waals surface area contributed by atoms with Crippen molar-refractivity contribution in [1.29, 1.82) is 0 Å². The van der Waals surface area contributed by atoms with Crippen LogP contribution in [-0.4, -0.2) is 36.5 Å². The molecule has 1 aliphatic rings. The van der Waals surface area contributed by atoms with E-state index in [1.807, 2.05) is 36.1 Å². The molecule has 1 unspecified atom stereocenters. The Morgan fingerprint density at radius 3 is 2.80 bits per heavy atom. The molecule has 0 aliphatic carbocycles. The Kier molecular flexibility index (Phi) is 5.43. The lowest BCUT2D eigenvalue weighted by molar-refractivity contribution is -0.134. The van der Waals surface area contributed by atoms with Crippen LogP contribution in [0.2, 0.25) is 0 Å². The van der Waals surface area contributed by atoms with Gasteiger partial charge in [-0.15, -0.1) is 0 Å². The zero-order chi connectivity index (χ0) is 14.5. The van der Waals surface area contributed by atoms with Gasteiger partial charge in [-0.05, 0) is 43.9 Å². The molecule has 0 spiro atoms. The third-order valence-electron chi connectivity index (χ3n) is 3.79. The van der Waals surface area contributed by atoms with Crippen LogP contribution in [0.4, 0.5) is 0 Å². The van der Waals surface area contributed by atoms with Crippen LogP contribution in [0.1, 0.15) is 19.8 Å². The first kappa shape index (κ1) is 15.3. The van der Waals surface area contributed by atoms with Crippen LogP contribution in [0, 0.1) is 5.92 Å². The summed E-state index contributed by atoms with van der Waals surface area (Å²) in [7, 11) is 0. The molecule has 1 fully saturated rings. The van der Waals surface area contributed by atoms with Gasteiger partial charge in [-0.2, -0.15) is 0 Å². The number of nitrogens with two attached hydrogens (primary N) is 1. The van der Waals surface area contributed by atoms with Gasteiger partial charge in [-0.25, -0.2) is 0 Å². The molecule has 1 amide bonds. The second-order valence-corrected chi connectivity index (χ2v) is 6.24. The lowest BCUT2D eigenvalue weighted by Crippen LogP contribution is -2.44. The molecule has 1 saturated heterocycles. The van der Waals surface area contributed by atoms with Gasteiger partial charge in [-0.1, -0.05) is 22.0 Å². The van der Waals surface area contributed by atoms with E-state index in [1.54, 1.807) is 0 Å². The molecule has 2 rings (SSSR count). The molecule has 0 radical (unpaired) electrons. The van der Waals surface area contributed by atoms with Crippen molar-refractivity contribution in [1.82, 2.24) is 4.90 Å². The van der Waals surface area contributed by atoms with Crippen molar-refractivity contribution < 1.29 is 9.53 Å². The quantitative estimate of drug-likeness (QED) is 0.915. The Morgan fingerprint density at radius 1 is 1.50 bits per heavy atom. The number of benzene rings is 1. The van der Waals surface area contributed by atoms with Gasteiger partial charge in [-0.3, -0.25) is 4.79 Å². The van der Waals surface area contributed by atoms with E-state index in [2.05, 4.69) is 15.9 Å². The van der Waals surface area contributed by atoms with Crippen molar-refractivity contribution in [2.75, 3.05) is 19.7 Å². The van der Waals surface area contributed by atoms with Gasteiger partial charge in [0.15, 0.2) is 6.61 Å². The van der Waals surface area contributed by atoms with Gasteiger partial charge in [0.05, 0.1) is 0 Å². The zero-order valence-corrected chi connectivity index (χ0v) is 13.3. The van der Waals surface area contributed by atoms with E-state index < -0.39 is 0 Å². The number of hydrogen-bond donors (Lipinski definition) is 1. The molecule has 0 saturated carbocycles. The number of carbonyl (C=O) groups excluding carboxylic acids is 1. The summed E-state index contributed by atoms with van der Waals surface area (Å²) in [4.78, 5) is 14.0. The van der Waals surface area contributed by atoms with Gasteiger partial charge in [0.25, 0.3) is 5.91 Å². The van der Waals surface area contributed by atoms with E-state index in [1.165, 1.54) is 0 Å². The molecular weight excluding hydrogens is 320 g/mol. The number of amides is 1. The second-order valence-electron chi connectivity index (χ2n) is 5.32. The number of likely N-dealkylation sites (tertiary alicyclic amines) is 1. The third-order valence-corrected chi connectivity index (χ3v) is 4.29. The van der Waals surface area contributed by atoms with E-state index in [0.29, 0.717) is 11.7 Å². The molecule has 0 aromatic heterocycles. The standard InChI is InChI=1S/C15H21BrN2O2/c1-11(17)12-5-7-18(8-6-12)15(19)10-20-14-4-2-3-13(16)9-14/h2-4,9,11-12H,5-8,10,17H2,1H3. The highest BCUT2D eigenvalue weighted by molar-refractivity contribution is 9.10. The first-order valence-electron chi connectivity index (χ1n) is 6.98. The van der Waals surface area contributed by atoms with E-state index in [4.69, 9.17) is 10.5 Å². The molecule has 2 N–H and O–H groups in total. The number of carbonyl (C=O) groups is 1. The molecule has 5 heteroatoms. The molecule has 1 heterocycles. The average Bonchev–Trinajstić information content (AvgIpc) is 2.45. The van der Waals surface area contributed by atoms with Crippen LogP contribution >= 0.6 is 15.9 Å². The van der Waals surface area contributed by atoms with E-state index >= 15 is 0 Å². The minimum Gasteiger partial charge on any atom is -0.484 e. The smallest absolute Gasteiger partial charge is 0.260 e. The van der Waals surface area contributed by atoms with Crippen molar-refractivity contribution in [3.05, 3.63) is 28.7 Å². The summed E-state index contributed by atoms with van der Waals surface area (Å²) in [6.07, 6.45) is 1.97. The maximum absolute atomic E-state index is 12.1. The molecule has 1 atom stereocenters. The van der Waals surface area contributed by atoms with Gasteiger partial charge >= 0.3 is 0 Å². The van der Waals surface area contributed by atoms with E-state index in [-0.39, 0.29) is 18.6 Å². The van der Waals surface area contributed by atoms with Crippen molar-refractivity contribution in [3.63, 3.8) is 0 Å². The Morgan fingerprint density at radius 2 is 2.20 bits per heavy atom. The van der Waals surface area contributed by atoms with Crippen molar-refractivity contribution in [2.45, 2.75) is 25.8 Å². The van der Waals surface area contributed by atoms with Crippen LogP contribution in [0.5, 0.6) is 5.75 Å². The fourth-order valence-electron chi connectivity index (χ4n) is 2.47. The molecule has 20 heavy (non-hydrogen) atoms. The Labute approximate surface area is 128 Å². The SMILES string of the molecule is CC(N)C1CCN(C(=O)COc2cccc(Br)c2)CC1. The van der Waals surface area contributed by atoms with Crippen LogP contribution in [0.15, 0.2) is 28.7 Å². The lowest BCUT2D eigenvalue weighted by Gasteiger charge is -2.33.